The van der Waals surface area contributed by atoms with E-state index in [9.17, 15) is 9.59 Å². The van der Waals surface area contributed by atoms with Crippen molar-refractivity contribution in [1.29, 1.82) is 0 Å². The van der Waals surface area contributed by atoms with E-state index in [1.54, 1.807) is 56.1 Å². The summed E-state index contributed by atoms with van der Waals surface area (Å²) < 4.78 is 26.2. The van der Waals surface area contributed by atoms with Gasteiger partial charge in [0.15, 0.2) is 16.3 Å². The van der Waals surface area contributed by atoms with E-state index in [0.717, 1.165) is 15.6 Å². The van der Waals surface area contributed by atoms with Gasteiger partial charge in [-0.15, -0.1) is 0 Å². The molecule has 2 heterocycles. The molecule has 0 spiro atoms. The molecule has 1 N–H and O–H groups in total. The van der Waals surface area contributed by atoms with Crippen LogP contribution >= 0.6 is 27.3 Å². The number of methoxy groups -OCH3 is 2. The van der Waals surface area contributed by atoms with E-state index < -0.39 is 6.04 Å². The first-order valence-corrected chi connectivity index (χ1v) is 17.2. The summed E-state index contributed by atoms with van der Waals surface area (Å²) >= 11 is 4.71. The SMILES string of the molecule is CCOc1cc(/C=c2\sc3n(c2=O)[C@@H](c2ccc(OC)cc2OC)C(C(=O)Nc2ccccc2)=C(C)N=3)ccc1OCc1ccc(Br)cc1. The molecule has 1 atom stereocenters. The second kappa shape index (κ2) is 15.0. The topological polar surface area (TPSA) is 100 Å². The molecular formula is C38H34BrN3O6S. The zero-order valence-electron chi connectivity index (χ0n) is 27.4. The lowest BCUT2D eigenvalue weighted by Gasteiger charge is -2.26. The number of carbonyl (C=O) groups excluding carboxylic acids is 1. The van der Waals surface area contributed by atoms with Crippen LogP contribution in [-0.4, -0.2) is 31.3 Å². The van der Waals surface area contributed by atoms with Gasteiger partial charge < -0.3 is 24.3 Å². The van der Waals surface area contributed by atoms with E-state index in [2.05, 4.69) is 21.2 Å². The molecule has 0 aliphatic carbocycles. The molecule has 250 valence electrons. The second-order valence-corrected chi connectivity index (χ2v) is 13.0. The highest BCUT2D eigenvalue weighted by molar-refractivity contribution is 9.10. The summed E-state index contributed by atoms with van der Waals surface area (Å²) in [6.07, 6.45) is 1.80. The van der Waals surface area contributed by atoms with Crippen molar-refractivity contribution in [1.82, 2.24) is 4.57 Å². The molecule has 0 saturated carbocycles. The molecule has 0 radical (unpaired) electrons. The number of nitrogens with zero attached hydrogens (tertiary/aromatic N) is 2. The van der Waals surface area contributed by atoms with Gasteiger partial charge in [0.25, 0.3) is 11.5 Å². The zero-order valence-corrected chi connectivity index (χ0v) is 29.8. The Morgan fingerprint density at radius 2 is 1.71 bits per heavy atom. The molecule has 9 nitrogen and oxygen atoms in total. The van der Waals surface area contributed by atoms with Gasteiger partial charge in [-0.2, -0.15) is 0 Å². The molecule has 6 rings (SSSR count). The molecule has 4 aromatic carbocycles. The summed E-state index contributed by atoms with van der Waals surface area (Å²) in [7, 11) is 3.11. The van der Waals surface area contributed by atoms with Crippen molar-refractivity contribution in [3.05, 3.63) is 143 Å². The smallest absolute Gasteiger partial charge is 0.271 e. The van der Waals surface area contributed by atoms with Gasteiger partial charge in [-0.25, -0.2) is 4.99 Å². The van der Waals surface area contributed by atoms with Crippen molar-refractivity contribution < 1.29 is 23.7 Å². The Morgan fingerprint density at radius 3 is 2.43 bits per heavy atom. The van der Waals surface area contributed by atoms with Crippen LogP contribution in [0.5, 0.6) is 23.0 Å². The van der Waals surface area contributed by atoms with E-state index in [-0.39, 0.29) is 11.5 Å². The highest BCUT2D eigenvalue weighted by Crippen LogP contribution is 2.38. The predicted molar refractivity (Wildman–Crippen MR) is 194 cm³/mol. The first-order valence-electron chi connectivity index (χ1n) is 15.5. The monoisotopic (exact) mass is 739 g/mol. The predicted octanol–water partition coefficient (Wildman–Crippen LogP) is 6.63. The second-order valence-electron chi connectivity index (χ2n) is 11.1. The number of allylic oxidation sites excluding steroid dienone is 1. The fourth-order valence-corrected chi connectivity index (χ4v) is 6.88. The Bertz CT molecular complexity index is 2210. The molecule has 0 unspecified atom stereocenters. The average molecular weight is 741 g/mol. The number of nitrogens with one attached hydrogen (secondary N) is 1. The number of anilines is 1. The molecule has 0 saturated heterocycles. The number of aromatic nitrogens is 1. The Kier molecular flexibility index (Phi) is 10.3. The summed E-state index contributed by atoms with van der Waals surface area (Å²) in [4.78, 5) is 33.5. The summed E-state index contributed by atoms with van der Waals surface area (Å²) in [5, 5.41) is 2.98. The van der Waals surface area contributed by atoms with Crippen LogP contribution < -0.4 is 39.2 Å². The number of amides is 1. The number of carbonyl (C=O) groups is 1. The van der Waals surface area contributed by atoms with Crippen LogP contribution in [0.4, 0.5) is 5.69 Å². The van der Waals surface area contributed by atoms with Crippen LogP contribution in [0.2, 0.25) is 0 Å². The van der Waals surface area contributed by atoms with Gasteiger partial charge in [-0.3, -0.25) is 14.2 Å². The van der Waals surface area contributed by atoms with E-state index in [4.69, 9.17) is 23.9 Å². The van der Waals surface area contributed by atoms with Gasteiger partial charge in [-0.1, -0.05) is 63.7 Å². The van der Waals surface area contributed by atoms with Gasteiger partial charge in [-0.05, 0) is 79.6 Å². The lowest BCUT2D eigenvalue weighted by molar-refractivity contribution is -0.113. The third kappa shape index (κ3) is 7.33. The molecule has 1 amide bonds. The van der Waals surface area contributed by atoms with Crippen LogP contribution in [0.15, 0.2) is 117 Å². The Balaban J connectivity index is 1.42. The number of benzene rings is 4. The lowest BCUT2D eigenvalue weighted by Crippen LogP contribution is -2.40. The van der Waals surface area contributed by atoms with Crippen LogP contribution in [0.3, 0.4) is 0 Å². The van der Waals surface area contributed by atoms with E-state index in [1.807, 2.05) is 73.7 Å². The maximum absolute atomic E-state index is 14.3. The summed E-state index contributed by atoms with van der Waals surface area (Å²) in [6, 6.07) is 27.2. The van der Waals surface area contributed by atoms with Crippen LogP contribution in [-0.2, 0) is 11.4 Å². The standard InChI is InChI=1S/C38H34BrN3O6S/c1-5-47-32-19-25(13-18-30(32)48-22-24-11-14-26(39)15-12-24)20-33-37(44)42-35(29-17-16-28(45-3)21-31(29)46-4)34(23(2)40-38(42)49-33)36(43)41-27-9-7-6-8-10-27/h6-21,35H,5,22H2,1-4H3,(H,41,43)/b33-20-/t35-/m0/s1. The Hall–Kier alpha value is -5.13. The van der Waals surface area contributed by atoms with E-state index >= 15 is 0 Å². The number of hydrogen-bond acceptors (Lipinski definition) is 8. The number of ether oxygens (including phenoxy) is 4. The molecule has 49 heavy (non-hydrogen) atoms. The number of hydrogen-bond donors (Lipinski definition) is 1. The van der Waals surface area contributed by atoms with E-state index in [1.165, 1.54) is 11.3 Å². The quantitative estimate of drug-likeness (QED) is 0.163. The van der Waals surface area contributed by atoms with E-state index in [0.29, 0.717) is 68.1 Å². The highest BCUT2D eigenvalue weighted by atomic mass is 79.9. The minimum Gasteiger partial charge on any atom is -0.497 e. The Labute approximate surface area is 295 Å². The highest BCUT2D eigenvalue weighted by Gasteiger charge is 2.34. The maximum atomic E-state index is 14.3. The van der Waals surface area contributed by atoms with Gasteiger partial charge in [0.2, 0.25) is 0 Å². The molecule has 0 bridgehead atoms. The van der Waals surface area contributed by atoms with Gasteiger partial charge in [0.1, 0.15) is 24.1 Å². The summed E-state index contributed by atoms with van der Waals surface area (Å²) in [6.45, 7) is 4.50. The Morgan fingerprint density at radius 1 is 0.939 bits per heavy atom. The number of fused-ring (bicyclic) bond motifs is 1. The number of rotatable bonds is 11. The van der Waals surface area contributed by atoms with Crippen molar-refractivity contribution in [3.8, 4) is 23.0 Å². The molecule has 11 heteroatoms. The normalized spacial score (nSPS) is 14.1. The minimum absolute atomic E-state index is 0.294. The first kappa shape index (κ1) is 33.8. The van der Waals surface area contributed by atoms with Crippen molar-refractivity contribution >= 4 is 44.9 Å². The van der Waals surface area contributed by atoms with Crippen molar-refractivity contribution in [2.75, 3.05) is 26.1 Å². The molecule has 1 aromatic heterocycles. The number of para-hydroxylation sites is 1. The third-order valence-corrected chi connectivity index (χ3v) is 9.42. The molecule has 1 aliphatic rings. The van der Waals surface area contributed by atoms with Crippen LogP contribution in [0.1, 0.15) is 36.6 Å². The lowest BCUT2D eigenvalue weighted by atomic mass is 9.94. The molecular weight excluding hydrogens is 706 g/mol. The number of thiazole rings is 1. The number of halogens is 1. The van der Waals surface area contributed by atoms with Crippen molar-refractivity contribution in [2.24, 2.45) is 4.99 Å². The molecule has 0 fully saturated rings. The van der Waals surface area contributed by atoms with Crippen LogP contribution in [0.25, 0.3) is 6.08 Å². The van der Waals surface area contributed by atoms with Crippen molar-refractivity contribution in [3.63, 3.8) is 0 Å². The fourth-order valence-electron chi connectivity index (χ4n) is 5.57. The van der Waals surface area contributed by atoms with Gasteiger partial charge in [0.05, 0.1) is 36.6 Å². The maximum Gasteiger partial charge on any atom is 0.271 e. The first-order chi connectivity index (χ1) is 23.8. The summed E-state index contributed by atoms with van der Waals surface area (Å²) in [5.41, 5.74) is 3.55. The molecule has 1 aliphatic heterocycles. The van der Waals surface area contributed by atoms with Gasteiger partial charge >= 0.3 is 0 Å². The van der Waals surface area contributed by atoms with Crippen molar-refractivity contribution in [2.45, 2.75) is 26.5 Å². The minimum atomic E-state index is -0.823. The zero-order chi connectivity index (χ0) is 34.5. The van der Waals surface area contributed by atoms with Gasteiger partial charge in [0, 0.05) is 21.8 Å². The fraction of sp³-hybridized carbons (Fsp3) is 0.184. The largest absolute Gasteiger partial charge is 0.497 e. The average Bonchev–Trinajstić information content (AvgIpc) is 3.41. The third-order valence-electron chi connectivity index (χ3n) is 7.91. The van der Waals surface area contributed by atoms with Crippen LogP contribution in [0, 0.1) is 0 Å². The molecule has 5 aromatic rings. The summed E-state index contributed by atoms with van der Waals surface area (Å²) in [5.74, 6) is 1.85.